The molecule has 3 aromatic rings. The van der Waals surface area contributed by atoms with E-state index in [1.54, 1.807) is 6.33 Å². The molecular formula is C20H24N2O. The number of rotatable bonds is 7. The monoisotopic (exact) mass is 308 g/mol. The summed E-state index contributed by atoms with van der Waals surface area (Å²) in [6.45, 7) is 5.79. The average Bonchev–Trinajstić information content (AvgIpc) is 3.03. The van der Waals surface area contributed by atoms with Crippen molar-refractivity contribution >= 4 is 10.8 Å². The van der Waals surface area contributed by atoms with E-state index in [2.05, 4.69) is 66.3 Å². The number of H-pyrrole nitrogens is 1. The molecule has 0 aliphatic rings. The van der Waals surface area contributed by atoms with Gasteiger partial charge in [-0.2, -0.15) is 0 Å². The zero-order chi connectivity index (χ0) is 16.1. The lowest BCUT2D eigenvalue weighted by Gasteiger charge is -2.07. The van der Waals surface area contributed by atoms with E-state index in [4.69, 9.17) is 4.74 Å². The molecule has 0 saturated carbocycles. The van der Waals surface area contributed by atoms with Crippen LogP contribution in [0.15, 0.2) is 48.8 Å². The topological polar surface area (TPSA) is 37.9 Å². The highest BCUT2D eigenvalue weighted by atomic mass is 16.5. The number of aromatic nitrogens is 2. The molecule has 0 saturated heterocycles. The minimum atomic E-state index is 0.467. The van der Waals surface area contributed by atoms with Gasteiger partial charge in [0, 0.05) is 12.3 Å². The smallest absolute Gasteiger partial charge is 0.0925 e. The first-order valence-corrected chi connectivity index (χ1v) is 8.31. The van der Waals surface area contributed by atoms with Gasteiger partial charge in [-0.3, -0.25) is 0 Å². The van der Waals surface area contributed by atoms with Crippen molar-refractivity contribution in [1.29, 1.82) is 0 Å². The Labute approximate surface area is 137 Å². The molecule has 0 spiro atoms. The van der Waals surface area contributed by atoms with Gasteiger partial charge in [-0.05, 0) is 41.2 Å². The quantitative estimate of drug-likeness (QED) is 0.634. The van der Waals surface area contributed by atoms with E-state index in [0.29, 0.717) is 12.5 Å². The Morgan fingerprint density at radius 2 is 1.91 bits per heavy atom. The largest absolute Gasteiger partial charge is 0.377 e. The fourth-order valence-electron chi connectivity index (χ4n) is 2.90. The van der Waals surface area contributed by atoms with Crippen molar-refractivity contribution in [2.24, 2.45) is 0 Å². The summed E-state index contributed by atoms with van der Waals surface area (Å²) in [7, 11) is 0. The summed E-state index contributed by atoms with van der Waals surface area (Å²) in [5, 5.41) is 2.55. The van der Waals surface area contributed by atoms with Crippen molar-refractivity contribution in [2.45, 2.75) is 39.2 Å². The number of aromatic amines is 1. The van der Waals surface area contributed by atoms with Gasteiger partial charge in [0.25, 0.3) is 0 Å². The average molecular weight is 308 g/mol. The molecule has 0 radical (unpaired) electrons. The normalized spacial score (nSPS) is 11.4. The van der Waals surface area contributed by atoms with Gasteiger partial charge in [0.1, 0.15) is 0 Å². The molecule has 0 atom stereocenters. The summed E-state index contributed by atoms with van der Waals surface area (Å²) < 4.78 is 5.83. The van der Waals surface area contributed by atoms with Crippen LogP contribution in [0.3, 0.4) is 0 Å². The first-order chi connectivity index (χ1) is 11.2. The molecule has 23 heavy (non-hydrogen) atoms. The van der Waals surface area contributed by atoms with E-state index in [9.17, 15) is 0 Å². The van der Waals surface area contributed by atoms with Crippen LogP contribution in [0.1, 0.15) is 43.1 Å². The molecule has 3 heteroatoms. The zero-order valence-electron chi connectivity index (χ0n) is 13.9. The first kappa shape index (κ1) is 15.8. The van der Waals surface area contributed by atoms with Crippen molar-refractivity contribution in [3.05, 3.63) is 65.7 Å². The van der Waals surface area contributed by atoms with E-state index in [-0.39, 0.29) is 0 Å². The van der Waals surface area contributed by atoms with E-state index >= 15 is 0 Å². The summed E-state index contributed by atoms with van der Waals surface area (Å²) in [5.74, 6) is 0.467. The molecule has 0 aliphatic carbocycles. The zero-order valence-corrected chi connectivity index (χ0v) is 13.9. The Bertz CT molecular complexity index is 761. The van der Waals surface area contributed by atoms with Gasteiger partial charge < -0.3 is 9.72 Å². The Hall–Kier alpha value is -2.13. The molecular weight excluding hydrogens is 284 g/mol. The van der Waals surface area contributed by atoms with Gasteiger partial charge in [-0.15, -0.1) is 0 Å². The van der Waals surface area contributed by atoms with Crippen LogP contribution < -0.4 is 0 Å². The third-order valence-corrected chi connectivity index (χ3v) is 4.10. The van der Waals surface area contributed by atoms with Crippen molar-refractivity contribution in [2.75, 3.05) is 6.61 Å². The maximum absolute atomic E-state index is 5.83. The number of aryl methyl sites for hydroxylation is 1. The first-order valence-electron chi connectivity index (χ1n) is 8.31. The van der Waals surface area contributed by atoms with Crippen LogP contribution in [-0.2, 0) is 17.8 Å². The van der Waals surface area contributed by atoms with Gasteiger partial charge in [-0.25, -0.2) is 4.98 Å². The lowest BCUT2D eigenvalue weighted by molar-refractivity contribution is 0.118. The third kappa shape index (κ3) is 3.99. The summed E-state index contributed by atoms with van der Waals surface area (Å²) in [4.78, 5) is 7.64. The molecule has 3 nitrogen and oxygen atoms in total. The molecule has 0 aliphatic heterocycles. The summed E-state index contributed by atoms with van der Waals surface area (Å²) in [5.41, 5.74) is 3.65. The number of hydrogen-bond acceptors (Lipinski definition) is 2. The molecule has 1 N–H and O–H groups in total. The molecule has 1 aromatic heterocycles. The minimum Gasteiger partial charge on any atom is -0.377 e. The highest BCUT2D eigenvalue weighted by molar-refractivity contribution is 5.82. The second-order valence-electron chi connectivity index (χ2n) is 6.26. The van der Waals surface area contributed by atoms with Gasteiger partial charge in [0.2, 0.25) is 0 Å². The lowest BCUT2D eigenvalue weighted by Crippen LogP contribution is -2.00. The van der Waals surface area contributed by atoms with Gasteiger partial charge in [0.05, 0.1) is 18.6 Å². The van der Waals surface area contributed by atoms with Crippen LogP contribution >= 0.6 is 0 Å². The minimum absolute atomic E-state index is 0.467. The summed E-state index contributed by atoms with van der Waals surface area (Å²) in [6.07, 6.45) is 3.79. The molecule has 1 heterocycles. The summed E-state index contributed by atoms with van der Waals surface area (Å²) >= 11 is 0. The van der Waals surface area contributed by atoms with Gasteiger partial charge in [-0.1, -0.05) is 50.2 Å². The van der Waals surface area contributed by atoms with Crippen molar-refractivity contribution in [1.82, 2.24) is 9.97 Å². The van der Waals surface area contributed by atoms with Crippen molar-refractivity contribution < 1.29 is 4.74 Å². The van der Waals surface area contributed by atoms with Crippen LogP contribution in [0, 0.1) is 0 Å². The van der Waals surface area contributed by atoms with E-state index in [1.807, 2.05) is 0 Å². The second kappa shape index (κ2) is 7.42. The third-order valence-electron chi connectivity index (χ3n) is 4.10. The number of ether oxygens (including phenoxy) is 1. The SMILES string of the molecule is CC(C)c1nc[nH]c1CCCOCc1ccc2ccccc2c1. The number of nitrogens with zero attached hydrogens (tertiary/aromatic N) is 1. The fraction of sp³-hybridized carbons (Fsp3) is 0.350. The maximum Gasteiger partial charge on any atom is 0.0925 e. The number of nitrogens with one attached hydrogen (secondary N) is 1. The number of hydrogen-bond donors (Lipinski definition) is 1. The Morgan fingerprint density at radius 1 is 1.09 bits per heavy atom. The highest BCUT2D eigenvalue weighted by Crippen LogP contribution is 2.18. The number of fused-ring (bicyclic) bond motifs is 1. The number of imidazole rings is 1. The highest BCUT2D eigenvalue weighted by Gasteiger charge is 2.08. The van der Waals surface area contributed by atoms with Crippen molar-refractivity contribution in [3.63, 3.8) is 0 Å². The van der Waals surface area contributed by atoms with Gasteiger partial charge >= 0.3 is 0 Å². The lowest BCUT2D eigenvalue weighted by atomic mass is 10.1. The van der Waals surface area contributed by atoms with Crippen LogP contribution in [-0.4, -0.2) is 16.6 Å². The molecule has 2 aromatic carbocycles. The molecule has 0 amide bonds. The van der Waals surface area contributed by atoms with Crippen molar-refractivity contribution in [3.8, 4) is 0 Å². The number of benzene rings is 2. The van der Waals surface area contributed by atoms with Crippen LogP contribution in [0.5, 0.6) is 0 Å². The molecule has 0 fully saturated rings. The molecule has 120 valence electrons. The van der Waals surface area contributed by atoms with E-state index < -0.39 is 0 Å². The second-order valence-corrected chi connectivity index (χ2v) is 6.26. The Morgan fingerprint density at radius 3 is 2.74 bits per heavy atom. The fourth-order valence-corrected chi connectivity index (χ4v) is 2.90. The Kier molecular flexibility index (Phi) is 5.09. The van der Waals surface area contributed by atoms with Crippen LogP contribution in [0.4, 0.5) is 0 Å². The maximum atomic E-state index is 5.83. The predicted octanol–water partition coefficient (Wildman–Crippen LogP) is 4.84. The van der Waals surface area contributed by atoms with Crippen LogP contribution in [0.2, 0.25) is 0 Å². The summed E-state index contributed by atoms with van der Waals surface area (Å²) in [6, 6.07) is 14.9. The van der Waals surface area contributed by atoms with Crippen LogP contribution in [0.25, 0.3) is 10.8 Å². The Balaban J connectivity index is 1.46. The standard InChI is InChI=1S/C20H24N2O/c1-15(2)20-19(21-14-22-20)8-5-11-23-13-16-9-10-17-6-3-4-7-18(17)12-16/h3-4,6-7,9-10,12,14-15H,5,8,11,13H2,1-2H3,(H,21,22). The van der Waals surface area contributed by atoms with Gasteiger partial charge in [0.15, 0.2) is 0 Å². The molecule has 0 unspecified atom stereocenters. The van der Waals surface area contributed by atoms with E-state index in [1.165, 1.54) is 27.7 Å². The molecule has 3 rings (SSSR count). The predicted molar refractivity (Wildman–Crippen MR) is 94.6 cm³/mol. The molecule has 0 bridgehead atoms. The van der Waals surface area contributed by atoms with E-state index in [0.717, 1.165) is 19.4 Å².